The van der Waals surface area contributed by atoms with E-state index < -0.39 is 64.9 Å². The van der Waals surface area contributed by atoms with Crippen molar-refractivity contribution in [3.8, 4) is 0 Å². The Morgan fingerprint density at radius 2 is 1.33 bits per heavy atom. The zero-order chi connectivity index (χ0) is 22.9. The summed E-state index contributed by atoms with van der Waals surface area (Å²) >= 11 is 0. The number of aliphatic hydroxyl groups excluding tert-OH is 1. The molecule has 0 spiro atoms. The van der Waals surface area contributed by atoms with Crippen molar-refractivity contribution < 1.29 is 49.4 Å². The lowest BCUT2D eigenvalue weighted by Crippen LogP contribution is -2.30. The highest BCUT2D eigenvalue weighted by Crippen LogP contribution is 2.37. The second kappa shape index (κ2) is 8.17. The molecule has 0 aliphatic rings. The molecule has 3 nitrogen and oxygen atoms in total. The summed E-state index contributed by atoms with van der Waals surface area (Å²) < 4.78 is 116. The van der Waals surface area contributed by atoms with Gasteiger partial charge in [-0.3, -0.25) is 4.79 Å². The van der Waals surface area contributed by atoms with Gasteiger partial charge in [0.1, 0.15) is 0 Å². The van der Waals surface area contributed by atoms with E-state index in [1.807, 2.05) is 5.32 Å². The van der Waals surface area contributed by atoms with Crippen molar-refractivity contribution in [2.45, 2.75) is 24.6 Å². The van der Waals surface area contributed by atoms with Crippen LogP contribution in [0.3, 0.4) is 0 Å². The second-order valence-electron chi connectivity index (χ2n) is 6.11. The number of carbonyl (C=O) groups is 1. The molecule has 1 amide bonds. The highest BCUT2D eigenvalue weighted by Gasteiger charge is 2.38. The molecule has 0 saturated carbocycles. The van der Waals surface area contributed by atoms with Crippen LogP contribution in [0.15, 0.2) is 42.5 Å². The Labute approximate surface area is 163 Å². The van der Waals surface area contributed by atoms with Gasteiger partial charge in [-0.15, -0.1) is 0 Å². The lowest BCUT2D eigenvalue weighted by Gasteiger charge is -2.18. The molecular weight excluding hydrogens is 433 g/mol. The van der Waals surface area contributed by atoms with Crippen molar-refractivity contribution in [2.24, 2.45) is 0 Å². The molecule has 0 aliphatic heterocycles. The number of hydrogen-bond acceptors (Lipinski definition) is 2. The Kier molecular flexibility index (Phi) is 6.40. The maximum Gasteiger partial charge on any atom is 0.416 e. The molecule has 12 heteroatoms. The molecule has 0 radical (unpaired) electrons. The van der Waals surface area contributed by atoms with E-state index >= 15 is 0 Å². The van der Waals surface area contributed by atoms with Gasteiger partial charge < -0.3 is 10.4 Å². The van der Waals surface area contributed by atoms with Crippen LogP contribution in [0.2, 0.25) is 0 Å². The number of benzene rings is 2. The third kappa shape index (κ3) is 5.65. The van der Waals surface area contributed by atoms with E-state index in [-0.39, 0.29) is 18.2 Å². The number of amides is 1. The van der Waals surface area contributed by atoms with Crippen LogP contribution >= 0.6 is 0 Å². The first kappa shape index (κ1) is 23.5. The predicted molar refractivity (Wildman–Crippen MR) is 85.2 cm³/mol. The van der Waals surface area contributed by atoms with Crippen LogP contribution in [-0.4, -0.2) is 17.6 Å². The summed E-state index contributed by atoms with van der Waals surface area (Å²) in [4.78, 5) is 12.0. The Hall–Kier alpha value is -2.76. The van der Waals surface area contributed by atoms with Gasteiger partial charge in [-0.1, -0.05) is 18.2 Å². The number of rotatable bonds is 4. The van der Waals surface area contributed by atoms with E-state index in [0.29, 0.717) is 6.07 Å². The largest absolute Gasteiger partial charge is 0.416 e. The monoisotopic (exact) mass is 445 g/mol. The Bertz CT molecular complexity index is 885. The van der Waals surface area contributed by atoms with Gasteiger partial charge in [-0.2, -0.15) is 39.5 Å². The first-order valence-corrected chi connectivity index (χ1v) is 8.02. The minimum absolute atomic E-state index is 0.167. The summed E-state index contributed by atoms with van der Waals surface area (Å²) in [5, 5.41) is 11.8. The third-order valence-electron chi connectivity index (χ3n) is 3.93. The maximum atomic E-state index is 13.0. The van der Waals surface area contributed by atoms with Crippen LogP contribution in [0.5, 0.6) is 0 Å². The van der Waals surface area contributed by atoms with Crippen LogP contribution in [-0.2, 0) is 18.5 Å². The summed E-state index contributed by atoms with van der Waals surface area (Å²) in [6.45, 7) is -0.885. The molecule has 0 bridgehead atoms. The van der Waals surface area contributed by atoms with Gasteiger partial charge in [0.15, 0.2) is 0 Å². The maximum absolute atomic E-state index is 13.0. The summed E-state index contributed by atoms with van der Waals surface area (Å²) in [6.07, 6.45) is -17.1. The second-order valence-corrected chi connectivity index (χ2v) is 6.11. The van der Waals surface area contributed by atoms with Gasteiger partial charge in [0, 0.05) is 12.1 Å². The number of halogens is 9. The van der Waals surface area contributed by atoms with Crippen molar-refractivity contribution in [1.82, 2.24) is 5.32 Å². The number of nitrogens with one attached hydrogen (secondary N) is 1. The number of hydrogen-bond donors (Lipinski definition) is 2. The average Bonchev–Trinajstić information content (AvgIpc) is 2.63. The Morgan fingerprint density at radius 3 is 1.80 bits per heavy atom. The first-order chi connectivity index (χ1) is 13.6. The topological polar surface area (TPSA) is 49.3 Å². The molecule has 0 fully saturated rings. The molecule has 1 unspecified atom stereocenters. The molecule has 0 heterocycles. The van der Waals surface area contributed by atoms with Crippen LogP contribution in [0, 0.1) is 0 Å². The zero-order valence-corrected chi connectivity index (χ0v) is 14.6. The molecular formula is C18H12F9NO2. The van der Waals surface area contributed by atoms with Gasteiger partial charge in [0.25, 0.3) is 5.91 Å². The molecule has 2 N–H and O–H groups in total. The molecule has 1 atom stereocenters. The van der Waals surface area contributed by atoms with Gasteiger partial charge in [-0.25, -0.2) is 0 Å². The van der Waals surface area contributed by atoms with E-state index in [2.05, 4.69) is 0 Å². The molecule has 2 rings (SSSR count). The number of carbonyl (C=O) groups excluding carboxylic acids is 1. The van der Waals surface area contributed by atoms with Gasteiger partial charge in [0.2, 0.25) is 0 Å². The summed E-state index contributed by atoms with van der Waals surface area (Å²) in [6, 6.07) is 3.98. The summed E-state index contributed by atoms with van der Waals surface area (Å²) in [7, 11) is 0. The lowest BCUT2D eigenvalue weighted by atomic mass is 10.0. The fourth-order valence-electron chi connectivity index (χ4n) is 2.53. The standard InChI is InChI=1S/C18H12F9NO2/c19-16(20,21)10-5-9(6-11(7-10)17(22,23)24)15(30)28-8-14(29)12-3-1-2-4-13(12)18(25,26)27/h1-7,14,29H,8H2,(H,28,30). The molecule has 0 aliphatic carbocycles. The van der Waals surface area contributed by atoms with Crippen LogP contribution < -0.4 is 5.32 Å². The first-order valence-electron chi connectivity index (χ1n) is 8.02. The SMILES string of the molecule is O=C(NCC(O)c1ccccc1C(F)(F)F)c1cc(C(F)(F)F)cc(C(F)(F)F)c1. The third-order valence-corrected chi connectivity index (χ3v) is 3.93. The van der Waals surface area contributed by atoms with E-state index in [9.17, 15) is 49.4 Å². The van der Waals surface area contributed by atoms with Crippen molar-refractivity contribution in [1.29, 1.82) is 0 Å². The van der Waals surface area contributed by atoms with Crippen LogP contribution in [0.4, 0.5) is 39.5 Å². The van der Waals surface area contributed by atoms with Gasteiger partial charge in [-0.05, 0) is 29.8 Å². The lowest BCUT2D eigenvalue weighted by molar-refractivity contribution is -0.143. The molecule has 2 aromatic carbocycles. The minimum atomic E-state index is -5.18. The van der Waals surface area contributed by atoms with E-state index in [4.69, 9.17) is 0 Å². The average molecular weight is 445 g/mol. The van der Waals surface area contributed by atoms with Gasteiger partial charge >= 0.3 is 18.5 Å². The van der Waals surface area contributed by atoms with E-state index in [1.54, 1.807) is 0 Å². The highest BCUT2D eigenvalue weighted by atomic mass is 19.4. The molecule has 0 saturated heterocycles. The van der Waals surface area contributed by atoms with E-state index in [1.165, 1.54) is 6.07 Å². The summed E-state index contributed by atoms with van der Waals surface area (Å²) in [5.41, 5.74) is -6.31. The fraction of sp³-hybridized carbons (Fsp3) is 0.278. The van der Waals surface area contributed by atoms with Crippen molar-refractivity contribution >= 4 is 5.91 Å². The summed E-state index contributed by atoms with van der Waals surface area (Å²) in [5.74, 6) is -1.44. The Balaban J connectivity index is 2.27. The van der Waals surface area contributed by atoms with Crippen molar-refractivity contribution in [2.75, 3.05) is 6.54 Å². The molecule has 164 valence electrons. The molecule has 2 aromatic rings. The smallest absolute Gasteiger partial charge is 0.387 e. The number of alkyl halides is 9. The highest BCUT2D eigenvalue weighted by molar-refractivity contribution is 5.94. The predicted octanol–water partition coefficient (Wildman–Crippen LogP) is 5.21. The molecule has 30 heavy (non-hydrogen) atoms. The van der Waals surface area contributed by atoms with Crippen LogP contribution in [0.1, 0.15) is 38.7 Å². The van der Waals surface area contributed by atoms with E-state index in [0.717, 1.165) is 12.1 Å². The molecule has 0 aromatic heterocycles. The Morgan fingerprint density at radius 1 is 0.833 bits per heavy atom. The van der Waals surface area contributed by atoms with Crippen molar-refractivity contribution in [3.63, 3.8) is 0 Å². The number of aliphatic hydroxyl groups is 1. The normalized spacial score (nSPS) is 13.8. The van der Waals surface area contributed by atoms with Crippen molar-refractivity contribution in [3.05, 3.63) is 70.3 Å². The fourth-order valence-corrected chi connectivity index (χ4v) is 2.53. The van der Waals surface area contributed by atoms with Gasteiger partial charge in [0.05, 0.1) is 22.8 Å². The van der Waals surface area contributed by atoms with Crippen LogP contribution in [0.25, 0.3) is 0 Å². The zero-order valence-electron chi connectivity index (χ0n) is 14.6. The quantitative estimate of drug-likeness (QED) is 0.636. The minimum Gasteiger partial charge on any atom is -0.387 e.